The number of hydrogen-bond acceptors (Lipinski definition) is 1. The van der Waals surface area contributed by atoms with Gasteiger partial charge in [0.25, 0.3) is 0 Å². The molecule has 0 saturated carbocycles. The fourth-order valence-electron chi connectivity index (χ4n) is 11.0. The smallest absolute Gasteiger partial charge is 0.0714 e. The van der Waals surface area contributed by atoms with Crippen molar-refractivity contribution < 1.29 is 0 Å². The molecule has 0 saturated heterocycles. The van der Waals surface area contributed by atoms with E-state index in [1.165, 1.54) is 94.2 Å². The number of hydrogen-bond donors (Lipinski definition) is 0. The second kappa shape index (κ2) is 15.8. The number of benzene rings is 9. The third kappa shape index (κ3) is 6.37. The molecule has 9 aromatic rings. The molecule has 0 radical (unpaired) electrons. The van der Waals surface area contributed by atoms with Crippen molar-refractivity contribution in [3.63, 3.8) is 0 Å². The molecule has 0 amide bonds. The Morgan fingerprint density at radius 2 is 1.02 bits per heavy atom. The quantitative estimate of drug-likeness (QED) is 0.140. The maximum absolute atomic E-state index is 4.29. The summed E-state index contributed by atoms with van der Waals surface area (Å²) in [5, 5.41) is 2.50. The fraction of sp³-hybridized carbons (Fsp3) is 0.0938. The Labute approximate surface area is 384 Å². The molecule has 312 valence electrons. The monoisotopic (exact) mass is 833 g/mol. The minimum atomic E-state index is -0.608. The second-order valence-corrected chi connectivity index (χ2v) is 18.1. The highest BCUT2D eigenvalue weighted by atomic mass is 15.1. The molecule has 2 aliphatic rings. The molecule has 0 aromatic heterocycles. The molecule has 0 fully saturated rings. The van der Waals surface area contributed by atoms with Gasteiger partial charge in [-0.15, -0.1) is 0 Å². The average molecular weight is 834 g/mol. The van der Waals surface area contributed by atoms with Crippen LogP contribution in [0.1, 0.15) is 59.7 Å². The van der Waals surface area contributed by atoms with Gasteiger partial charge in [-0.2, -0.15) is 0 Å². The molecule has 0 heterocycles. The lowest BCUT2D eigenvalue weighted by Gasteiger charge is -2.35. The van der Waals surface area contributed by atoms with E-state index in [-0.39, 0.29) is 5.41 Å². The van der Waals surface area contributed by atoms with Crippen molar-refractivity contribution >= 4 is 33.4 Å². The summed E-state index contributed by atoms with van der Waals surface area (Å²) in [6, 6.07) is 77.0. The molecule has 2 aliphatic carbocycles. The minimum absolute atomic E-state index is 0.222. The standard InChI is InChI=1S/C64H51N/c1-6-17-55-56-38-35-51(41-60(56)63(4,5)59(55)7-2)65(50-33-28-45(29-34-50)44-18-10-8-11-19-44)52-36-39-58-57-37-30-47(54-25-16-21-46-20-14-15-24-53(46)54)40-61(57)64(62(58)42-52,48-22-12-9-13-23-48)49-31-26-43(3)27-32-49/h6-42H,2H2,1,3-5H3/b17-6-. The lowest BCUT2D eigenvalue weighted by molar-refractivity contribution is 0.654. The maximum atomic E-state index is 4.29. The third-order valence-electron chi connectivity index (χ3n) is 14.1. The van der Waals surface area contributed by atoms with Crippen LogP contribution in [0.25, 0.3) is 49.7 Å². The largest absolute Gasteiger partial charge is 0.310 e. The van der Waals surface area contributed by atoms with Gasteiger partial charge in [-0.3, -0.25) is 0 Å². The van der Waals surface area contributed by atoms with Crippen LogP contribution in [0.15, 0.2) is 237 Å². The number of aryl methyl sites for hydroxylation is 1. The predicted molar refractivity (Wildman–Crippen MR) is 277 cm³/mol. The predicted octanol–water partition coefficient (Wildman–Crippen LogP) is 17.1. The van der Waals surface area contributed by atoms with Crippen molar-refractivity contribution in [2.24, 2.45) is 0 Å². The van der Waals surface area contributed by atoms with Gasteiger partial charge in [0.2, 0.25) is 0 Å². The van der Waals surface area contributed by atoms with Crippen LogP contribution in [-0.4, -0.2) is 0 Å². The molecular weight excluding hydrogens is 783 g/mol. The van der Waals surface area contributed by atoms with E-state index in [4.69, 9.17) is 0 Å². The van der Waals surface area contributed by atoms with Crippen LogP contribution in [0, 0.1) is 6.92 Å². The molecule has 9 aromatic carbocycles. The van der Waals surface area contributed by atoms with Crippen molar-refractivity contribution in [1.29, 1.82) is 0 Å². The highest BCUT2D eigenvalue weighted by Crippen LogP contribution is 2.58. The van der Waals surface area contributed by atoms with E-state index in [1.54, 1.807) is 0 Å². The maximum Gasteiger partial charge on any atom is 0.0714 e. The van der Waals surface area contributed by atoms with Gasteiger partial charge in [0.05, 0.1) is 5.41 Å². The topological polar surface area (TPSA) is 3.24 Å². The van der Waals surface area contributed by atoms with Crippen molar-refractivity contribution in [2.45, 2.75) is 38.5 Å². The summed E-state index contributed by atoms with van der Waals surface area (Å²) in [6.07, 6.45) is 6.43. The molecule has 0 aliphatic heterocycles. The molecule has 1 nitrogen and oxygen atoms in total. The second-order valence-electron chi connectivity index (χ2n) is 18.1. The van der Waals surface area contributed by atoms with Gasteiger partial charge in [0.15, 0.2) is 0 Å². The van der Waals surface area contributed by atoms with Crippen LogP contribution < -0.4 is 4.90 Å². The van der Waals surface area contributed by atoms with Gasteiger partial charge in [0, 0.05) is 22.5 Å². The molecule has 0 bridgehead atoms. The van der Waals surface area contributed by atoms with Crippen LogP contribution in [0.3, 0.4) is 0 Å². The first-order valence-electron chi connectivity index (χ1n) is 22.8. The van der Waals surface area contributed by atoms with E-state index in [0.717, 1.165) is 17.1 Å². The molecule has 65 heavy (non-hydrogen) atoms. The Kier molecular flexibility index (Phi) is 9.74. The molecule has 1 heteroatoms. The third-order valence-corrected chi connectivity index (χ3v) is 14.1. The van der Waals surface area contributed by atoms with Gasteiger partial charge in [-0.25, -0.2) is 0 Å². The van der Waals surface area contributed by atoms with Gasteiger partial charge < -0.3 is 4.90 Å². The normalized spacial score (nSPS) is 15.8. The zero-order valence-electron chi connectivity index (χ0n) is 37.5. The van der Waals surface area contributed by atoms with E-state index < -0.39 is 5.41 Å². The summed E-state index contributed by atoms with van der Waals surface area (Å²) in [7, 11) is 0. The molecule has 11 rings (SSSR count). The molecule has 1 unspecified atom stereocenters. The Bertz CT molecular complexity index is 3340. The molecule has 0 N–H and O–H groups in total. The highest BCUT2D eigenvalue weighted by Gasteiger charge is 2.47. The molecule has 0 spiro atoms. The van der Waals surface area contributed by atoms with Crippen molar-refractivity contribution in [2.75, 3.05) is 4.90 Å². The van der Waals surface area contributed by atoms with Crippen molar-refractivity contribution in [3.8, 4) is 33.4 Å². The van der Waals surface area contributed by atoms with E-state index >= 15 is 0 Å². The first-order valence-corrected chi connectivity index (χ1v) is 22.8. The van der Waals surface area contributed by atoms with Crippen LogP contribution in [0.2, 0.25) is 0 Å². The fourth-order valence-corrected chi connectivity index (χ4v) is 11.0. The summed E-state index contributed by atoms with van der Waals surface area (Å²) >= 11 is 0. The summed E-state index contributed by atoms with van der Waals surface area (Å²) in [4.78, 5) is 2.46. The zero-order chi connectivity index (χ0) is 44.3. The molecule has 1 atom stereocenters. The average Bonchev–Trinajstić information content (AvgIpc) is 3.76. The summed E-state index contributed by atoms with van der Waals surface area (Å²) in [5.41, 5.74) is 21.2. The van der Waals surface area contributed by atoms with E-state index in [9.17, 15) is 0 Å². The Morgan fingerprint density at radius 3 is 1.72 bits per heavy atom. The first-order chi connectivity index (χ1) is 31.8. The van der Waals surface area contributed by atoms with E-state index in [1.807, 2.05) is 6.08 Å². The SMILES string of the molecule is C=CC1=C(/C=C\C)c2ccc(N(c3ccc(-c4ccccc4)cc3)c3ccc4c(c3)C(c3ccccc3)(c3ccc(C)cc3)c3cc(-c5cccc6ccccc56)ccc3-4)cc2C1(C)C. The van der Waals surface area contributed by atoms with Gasteiger partial charge >= 0.3 is 0 Å². The Hall–Kier alpha value is -7.74. The van der Waals surface area contributed by atoms with Gasteiger partial charge in [-0.05, 0) is 145 Å². The van der Waals surface area contributed by atoms with Gasteiger partial charge in [0.1, 0.15) is 0 Å². The summed E-state index contributed by atoms with van der Waals surface area (Å²) < 4.78 is 0. The molecular formula is C64H51N. The number of allylic oxidation sites excluding steroid dienone is 5. The summed E-state index contributed by atoms with van der Waals surface area (Å²) in [6.45, 7) is 13.2. The van der Waals surface area contributed by atoms with E-state index in [0.29, 0.717) is 0 Å². The van der Waals surface area contributed by atoms with Crippen LogP contribution in [0.5, 0.6) is 0 Å². The minimum Gasteiger partial charge on any atom is -0.310 e. The first kappa shape index (κ1) is 40.1. The number of anilines is 3. The van der Waals surface area contributed by atoms with Gasteiger partial charge in [-0.1, -0.05) is 208 Å². The number of rotatable bonds is 9. The van der Waals surface area contributed by atoms with E-state index in [2.05, 4.69) is 258 Å². The number of nitrogens with zero attached hydrogens (tertiary/aromatic N) is 1. The van der Waals surface area contributed by atoms with Crippen molar-refractivity contribution in [3.05, 3.63) is 276 Å². The highest BCUT2D eigenvalue weighted by molar-refractivity contribution is 5.99. The Morgan fingerprint density at radius 1 is 0.462 bits per heavy atom. The summed E-state index contributed by atoms with van der Waals surface area (Å²) in [5.74, 6) is 0. The van der Waals surface area contributed by atoms with Crippen LogP contribution >= 0.6 is 0 Å². The van der Waals surface area contributed by atoms with Crippen molar-refractivity contribution in [1.82, 2.24) is 0 Å². The van der Waals surface area contributed by atoms with Crippen LogP contribution in [0.4, 0.5) is 17.1 Å². The lowest BCUT2D eigenvalue weighted by Crippen LogP contribution is -2.29. The van der Waals surface area contributed by atoms with Crippen LogP contribution in [-0.2, 0) is 10.8 Å². The zero-order valence-corrected chi connectivity index (χ0v) is 37.5. The lowest BCUT2D eigenvalue weighted by atomic mass is 9.67. The number of fused-ring (bicyclic) bond motifs is 5. The Balaban J connectivity index is 1.16.